The molecule has 4 aromatic rings. The molecule has 2 aromatic carbocycles. The van der Waals surface area contributed by atoms with Crippen LogP contribution >= 0.6 is 0 Å². The summed E-state index contributed by atoms with van der Waals surface area (Å²) in [6.07, 6.45) is 2.99. The highest BCUT2D eigenvalue weighted by molar-refractivity contribution is 6.01. The highest BCUT2D eigenvalue weighted by atomic mass is 19.1. The van der Waals surface area contributed by atoms with Crippen molar-refractivity contribution in [3.63, 3.8) is 0 Å². The second-order valence-electron chi connectivity index (χ2n) is 6.94. The van der Waals surface area contributed by atoms with E-state index in [-0.39, 0.29) is 11.7 Å². The molecule has 0 bridgehead atoms. The number of ether oxygens (including phenoxy) is 1. The van der Waals surface area contributed by atoms with Crippen LogP contribution in [0.5, 0.6) is 5.75 Å². The number of anilines is 2. The van der Waals surface area contributed by atoms with E-state index in [4.69, 9.17) is 10.5 Å². The minimum absolute atomic E-state index is 0.207. The molecule has 0 unspecified atom stereocenters. The van der Waals surface area contributed by atoms with Crippen LogP contribution < -0.4 is 15.4 Å². The van der Waals surface area contributed by atoms with Crippen LogP contribution in [-0.2, 0) is 11.2 Å². The molecule has 0 aliphatic heterocycles. The fourth-order valence-corrected chi connectivity index (χ4v) is 3.48. The Morgan fingerprint density at radius 1 is 1.25 bits per heavy atom. The Balaban J connectivity index is 1.76. The first-order chi connectivity index (χ1) is 15.5. The molecule has 2 N–H and O–H groups in total. The van der Waals surface area contributed by atoms with Gasteiger partial charge in [-0.25, -0.2) is 19.0 Å². The summed E-state index contributed by atoms with van der Waals surface area (Å²) in [6, 6.07) is 13.5. The maximum absolute atomic E-state index is 14.1. The third-order valence-electron chi connectivity index (χ3n) is 4.97. The molecule has 0 aliphatic rings. The van der Waals surface area contributed by atoms with Gasteiger partial charge in [-0.1, -0.05) is 24.8 Å². The van der Waals surface area contributed by atoms with E-state index in [1.807, 2.05) is 30.3 Å². The van der Waals surface area contributed by atoms with Crippen molar-refractivity contribution in [3.05, 3.63) is 79.0 Å². The summed E-state index contributed by atoms with van der Waals surface area (Å²) in [5.74, 6) is -0.165. The van der Waals surface area contributed by atoms with Crippen molar-refractivity contribution in [2.24, 2.45) is 0 Å². The molecule has 9 heteroatoms. The Bertz CT molecular complexity index is 1290. The van der Waals surface area contributed by atoms with Crippen LogP contribution in [0.3, 0.4) is 0 Å². The normalized spacial score (nSPS) is 10.8. The molecule has 0 saturated carbocycles. The number of para-hydroxylation sites is 1. The van der Waals surface area contributed by atoms with Gasteiger partial charge >= 0.3 is 0 Å². The number of hydrogen-bond donors (Lipinski definition) is 1. The molecule has 2 heterocycles. The molecule has 8 nitrogen and oxygen atoms in total. The van der Waals surface area contributed by atoms with Crippen molar-refractivity contribution in [1.82, 2.24) is 19.7 Å². The van der Waals surface area contributed by atoms with Crippen molar-refractivity contribution in [1.29, 1.82) is 0 Å². The fraction of sp³-hybridized carbons (Fsp3) is 0.130. The summed E-state index contributed by atoms with van der Waals surface area (Å²) >= 11 is 0. The molecule has 0 atom stereocenters. The first-order valence-corrected chi connectivity index (χ1v) is 9.84. The lowest BCUT2D eigenvalue weighted by Crippen LogP contribution is -2.31. The Morgan fingerprint density at radius 2 is 2.03 bits per heavy atom. The molecule has 0 fully saturated rings. The molecular weight excluding hydrogens is 411 g/mol. The summed E-state index contributed by atoms with van der Waals surface area (Å²) in [7, 11) is 1.46. The van der Waals surface area contributed by atoms with E-state index in [9.17, 15) is 9.18 Å². The molecule has 4 rings (SSSR count). The standard InChI is InChI=1S/C23H21FN6O2/c1-3-20(31)29(16-7-5-4-6-8-16)10-9-19-21-22(23(25)27-14-26-21)30(28-19)17-11-15(24)12-18(13-17)32-2/h3-8,11-14H,1,9-10H2,2H3,(H2,25,26,27). The van der Waals surface area contributed by atoms with Gasteiger partial charge in [0.2, 0.25) is 5.91 Å². The first-order valence-electron chi connectivity index (χ1n) is 9.84. The van der Waals surface area contributed by atoms with Gasteiger partial charge < -0.3 is 15.4 Å². The van der Waals surface area contributed by atoms with Crippen molar-refractivity contribution in [2.45, 2.75) is 6.42 Å². The fourth-order valence-electron chi connectivity index (χ4n) is 3.48. The highest BCUT2D eigenvalue weighted by Gasteiger charge is 2.20. The van der Waals surface area contributed by atoms with Gasteiger partial charge in [0.1, 0.15) is 28.9 Å². The van der Waals surface area contributed by atoms with Crippen LogP contribution in [0.15, 0.2) is 67.5 Å². The van der Waals surface area contributed by atoms with E-state index in [2.05, 4.69) is 21.6 Å². The van der Waals surface area contributed by atoms with Crippen molar-refractivity contribution in [3.8, 4) is 11.4 Å². The maximum Gasteiger partial charge on any atom is 0.250 e. The van der Waals surface area contributed by atoms with Crippen molar-refractivity contribution in [2.75, 3.05) is 24.3 Å². The number of rotatable bonds is 7. The quantitative estimate of drug-likeness (QED) is 0.450. The lowest BCUT2D eigenvalue weighted by atomic mass is 10.2. The van der Waals surface area contributed by atoms with Gasteiger partial charge in [0.25, 0.3) is 0 Å². The van der Waals surface area contributed by atoms with E-state index >= 15 is 0 Å². The molecule has 0 spiro atoms. The molecule has 0 radical (unpaired) electrons. The molecular formula is C23H21FN6O2. The number of nitrogens with zero attached hydrogens (tertiary/aromatic N) is 5. The zero-order chi connectivity index (χ0) is 22.7. The number of amides is 1. The summed E-state index contributed by atoms with van der Waals surface area (Å²) < 4.78 is 20.8. The number of methoxy groups -OCH3 is 1. The Labute approximate surface area is 183 Å². The molecule has 162 valence electrons. The van der Waals surface area contributed by atoms with Gasteiger partial charge in [0, 0.05) is 30.8 Å². The first kappa shape index (κ1) is 21.0. The van der Waals surface area contributed by atoms with Crippen LogP contribution in [0.2, 0.25) is 0 Å². The number of carbonyl (C=O) groups excluding carboxylic acids is 1. The lowest BCUT2D eigenvalue weighted by Gasteiger charge is -2.20. The minimum Gasteiger partial charge on any atom is -0.497 e. The average Bonchev–Trinajstić information content (AvgIpc) is 3.19. The maximum atomic E-state index is 14.1. The second-order valence-corrected chi connectivity index (χ2v) is 6.94. The summed E-state index contributed by atoms with van der Waals surface area (Å²) in [5, 5.41) is 4.64. The number of nitrogen functional groups attached to an aromatic ring is 1. The number of hydrogen-bond acceptors (Lipinski definition) is 6. The van der Waals surface area contributed by atoms with E-state index in [1.54, 1.807) is 11.0 Å². The average molecular weight is 432 g/mol. The van der Waals surface area contributed by atoms with E-state index < -0.39 is 5.82 Å². The topological polar surface area (TPSA) is 99.2 Å². The number of aromatic nitrogens is 4. The smallest absolute Gasteiger partial charge is 0.250 e. The van der Waals surface area contributed by atoms with Gasteiger partial charge in [0.05, 0.1) is 18.5 Å². The summed E-state index contributed by atoms with van der Waals surface area (Å²) in [4.78, 5) is 22.5. The Morgan fingerprint density at radius 3 is 2.75 bits per heavy atom. The third-order valence-corrected chi connectivity index (χ3v) is 4.97. The SMILES string of the molecule is C=CC(=O)N(CCc1nn(-c2cc(F)cc(OC)c2)c2c(N)ncnc12)c1ccccc1. The van der Waals surface area contributed by atoms with Gasteiger partial charge in [-0.15, -0.1) is 0 Å². The lowest BCUT2D eigenvalue weighted by molar-refractivity contribution is -0.114. The number of nitrogens with two attached hydrogens (primary N) is 1. The van der Waals surface area contributed by atoms with Crippen molar-refractivity contribution < 1.29 is 13.9 Å². The minimum atomic E-state index is -0.480. The molecule has 2 aromatic heterocycles. The number of carbonyl (C=O) groups is 1. The largest absolute Gasteiger partial charge is 0.497 e. The van der Waals surface area contributed by atoms with Crippen LogP contribution in [-0.4, -0.2) is 39.3 Å². The Kier molecular flexibility index (Phi) is 5.80. The van der Waals surface area contributed by atoms with Crippen LogP contribution in [0.4, 0.5) is 15.9 Å². The van der Waals surface area contributed by atoms with E-state index in [0.717, 1.165) is 5.69 Å². The highest BCUT2D eigenvalue weighted by Crippen LogP contribution is 2.27. The third kappa shape index (κ3) is 4.00. The zero-order valence-corrected chi connectivity index (χ0v) is 17.4. The van der Waals surface area contributed by atoms with E-state index in [0.29, 0.717) is 41.1 Å². The number of fused-ring (bicyclic) bond motifs is 1. The molecule has 32 heavy (non-hydrogen) atoms. The zero-order valence-electron chi connectivity index (χ0n) is 17.4. The molecule has 1 amide bonds. The van der Waals surface area contributed by atoms with Crippen molar-refractivity contribution >= 4 is 28.4 Å². The van der Waals surface area contributed by atoms with Gasteiger partial charge in [-0.3, -0.25) is 4.79 Å². The molecule has 0 aliphatic carbocycles. The van der Waals surface area contributed by atoms with Crippen LogP contribution in [0.1, 0.15) is 5.69 Å². The van der Waals surface area contributed by atoms with Crippen LogP contribution in [0, 0.1) is 5.82 Å². The monoisotopic (exact) mass is 432 g/mol. The number of benzene rings is 2. The second kappa shape index (κ2) is 8.84. The molecule has 0 saturated heterocycles. The summed E-state index contributed by atoms with van der Waals surface area (Å²) in [5.41, 5.74) is 8.85. The Hall–Kier alpha value is -4.27. The van der Waals surface area contributed by atoms with Crippen LogP contribution in [0.25, 0.3) is 16.7 Å². The summed E-state index contributed by atoms with van der Waals surface area (Å²) in [6.45, 7) is 3.93. The number of halogens is 1. The van der Waals surface area contributed by atoms with Gasteiger partial charge in [-0.2, -0.15) is 5.10 Å². The van der Waals surface area contributed by atoms with Gasteiger partial charge in [-0.05, 0) is 24.3 Å². The van der Waals surface area contributed by atoms with E-state index in [1.165, 1.54) is 36.3 Å². The predicted molar refractivity (Wildman–Crippen MR) is 120 cm³/mol. The van der Waals surface area contributed by atoms with Gasteiger partial charge in [0.15, 0.2) is 5.82 Å². The predicted octanol–water partition coefficient (Wildman–Crippen LogP) is 3.31.